The van der Waals surface area contributed by atoms with Crippen LogP contribution in [0.5, 0.6) is 0 Å². The number of carbonyl (C=O) groups is 2. The normalized spacial score (nSPS) is 19.4. The van der Waals surface area contributed by atoms with Crippen LogP contribution < -0.4 is 10.6 Å². The van der Waals surface area contributed by atoms with Gasteiger partial charge < -0.3 is 10.6 Å². The average molecular weight is 470 g/mol. The second-order valence-corrected chi connectivity index (χ2v) is 10.1. The SMILES string of the molecule is O=C(NC1CCCCC1)c1ccccc1NC(=O)C1CCCN(Cc2cccc3ccccc23)C1. The molecule has 1 saturated carbocycles. The predicted octanol–water partition coefficient (Wildman–Crippen LogP) is 5.75. The van der Waals surface area contributed by atoms with Crippen molar-refractivity contribution >= 4 is 28.3 Å². The first-order valence-corrected chi connectivity index (χ1v) is 13.1. The average Bonchev–Trinajstić information content (AvgIpc) is 2.90. The summed E-state index contributed by atoms with van der Waals surface area (Å²) in [6, 6.07) is 22.5. The third-order valence-corrected chi connectivity index (χ3v) is 7.52. The Balaban J connectivity index is 1.23. The van der Waals surface area contributed by atoms with E-state index in [9.17, 15) is 9.59 Å². The van der Waals surface area contributed by atoms with Crippen molar-refractivity contribution < 1.29 is 9.59 Å². The van der Waals surface area contributed by atoms with E-state index in [-0.39, 0.29) is 23.8 Å². The highest BCUT2D eigenvalue weighted by molar-refractivity contribution is 6.04. The molecule has 35 heavy (non-hydrogen) atoms. The summed E-state index contributed by atoms with van der Waals surface area (Å²) in [5, 5.41) is 8.79. The smallest absolute Gasteiger partial charge is 0.253 e. The first-order valence-electron chi connectivity index (χ1n) is 13.1. The number of fused-ring (bicyclic) bond motifs is 1. The van der Waals surface area contributed by atoms with Crippen molar-refractivity contribution in [3.63, 3.8) is 0 Å². The van der Waals surface area contributed by atoms with Gasteiger partial charge in [-0.2, -0.15) is 0 Å². The lowest BCUT2D eigenvalue weighted by Crippen LogP contribution is -2.40. The topological polar surface area (TPSA) is 61.4 Å². The van der Waals surface area contributed by atoms with Gasteiger partial charge in [0.2, 0.25) is 5.91 Å². The second kappa shape index (κ2) is 11.0. The molecular formula is C30H35N3O2. The minimum Gasteiger partial charge on any atom is -0.349 e. The number of rotatable bonds is 6. The first kappa shape index (κ1) is 23.6. The van der Waals surface area contributed by atoms with Gasteiger partial charge in [0.05, 0.1) is 17.2 Å². The lowest BCUT2D eigenvalue weighted by molar-refractivity contribution is -0.121. The van der Waals surface area contributed by atoms with Gasteiger partial charge in [-0.3, -0.25) is 14.5 Å². The second-order valence-electron chi connectivity index (χ2n) is 10.1. The summed E-state index contributed by atoms with van der Waals surface area (Å²) in [5.74, 6) is -0.173. The Morgan fingerprint density at radius 2 is 1.60 bits per heavy atom. The van der Waals surface area contributed by atoms with E-state index in [0.717, 1.165) is 45.3 Å². The maximum Gasteiger partial charge on any atom is 0.253 e. The largest absolute Gasteiger partial charge is 0.349 e. The van der Waals surface area contributed by atoms with Crippen molar-refractivity contribution in [2.45, 2.75) is 57.5 Å². The van der Waals surface area contributed by atoms with Crippen molar-refractivity contribution in [1.82, 2.24) is 10.2 Å². The van der Waals surface area contributed by atoms with E-state index in [1.165, 1.54) is 35.6 Å². The van der Waals surface area contributed by atoms with Crippen LogP contribution in [0.25, 0.3) is 10.8 Å². The number of carbonyl (C=O) groups excluding carboxylic acids is 2. The Morgan fingerprint density at radius 3 is 2.49 bits per heavy atom. The summed E-state index contributed by atoms with van der Waals surface area (Å²) in [5.41, 5.74) is 2.46. The van der Waals surface area contributed by atoms with Crippen LogP contribution in [-0.2, 0) is 11.3 Å². The van der Waals surface area contributed by atoms with E-state index in [4.69, 9.17) is 0 Å². The van der Waals surface area contributed by atoms with Crippen LogP contribution in [0.4, 0.5) is 5.69 Å². The molecule has 5 heteroatoms. The van der Waals surface area contributed by atoms with Crippen LogP contribution in [0, 0.1) is 5.92 Å². The highest BCUT2D eigenvalue weighted by atomic mass is 16.2. The third kappa shape index (κ3) is 5.73. The maximum absolute atomic E-state index is 13.3. The molecule has 0 spiro atoms. The number of amides is 2. The van der Waals surface area contributed by atoms with Crippen LogP contribution in [0.1, 0.15) is 60.9 Å². The molecule has 0 bridgehead atoms. The summed E-state index contributed by atoms with van der Waals surface area (Å²) in [7, 11) is 0. The Labute approximate surface area is 207 Å². The molecule has 1 saturated heterocycles. The van der Waals surface area contributed by atoms with E-state index in [1.54, 1.807) is 0 Å². The van der Waals surface area contributed by atoms with Crippen molar-refractivity contribution in [3.05, 3.63) is 77.9 Å². The van der Waals surface area contributed by atoms with Gasteiger partial charge in [0.1, 0.15) is 0 Å². The minimum atomic E-state index is -0.0896. The minimum absolute atomic E-state index is 0.00513. The number of nitrogens with zero attached hydrogens (tertiary/aromatic N) is 1. The number of piperidine rings is 1. The summed E-state index contributed by atoms with van der Waals surface area (Å²) < 4.78 is 0. The lowest BCUT2D eigenvalue weighted by atomic mass is 9.95. The van der Waals surface area contributed by atoms with E-state index in [0.29, 0.717) is 11.3 Å². The van der Waals surface area contributed by atoms with Gasteiger partial charge >= 0.3 is 0 Å². The molecule has 2 amide bonds. The molecule has 5 rings (SSSR count). The molecule has 3 aromatic rings. The van der Waals surface area contributed by atoms with Crippen LogP contribution in [0.2, 0.25) is 0 Å². The van der Waals surface area contributed by atoms with Gasteiger partial charge in [-0.15, -0.1) is 0 Å². The van der Waals surface area contributed by atoms with Gasteiger partial charge in [0, 0.05) is 19.1 Å². The summed E-state index contributed by atoms with van der Waals surface area (Å²) in [6.45, 7) is 2.56. The molecule has 0 aromatic heterocycles. The Bertz CT molecular complexity index is 1180. The highest BCUT2D eigenvalue weighted by Crippen LogP contribution is 2.25. The predicted molar refractivity (Wildman–Crippen MR) is 141 cm³/mol. The van der Waals surface area contributed by atoms with Gasteiger partial charge in [-0.25, -0.2) is 0 Å². The Hall–Kier alpha value is -3.18. The highest BCUT2D eigenvalue weighted by Gasteiger charge is 2.27. The summed E-state index contributed by atoms with van der Waals surface area (Å²) >= 11 is 0. The van der Waals surface area contributed by atoms with Gasteiger partial charge in [0.15, 0.2) is 0 Å². The van der Waals surface area contributed by atoms with Gasteiger partial charge in [-0.05, 0) is 60.7 Å². The van der Waals surface area contributed by atoms with Gasteiger partial charge in [0.25, 0.3) is 5.91 Å². The number of anilines is 1. The molecule has 3 aromatic carbocycles. The molecule has 1 aliphatic carbocycles. The van der Waals surface area contributed by atoms with Crippen LogP contribution >= 0.6 is 0 Å². The fourth-order valence-corrected chi connectivity index (χ4v) is 5.62. The van der Waals surface area contributed by atoms with Crippen molar-refractivity contribution in [2.75, 3.05) is 18.4 Å². The van der Waals surface area contributed by atoms with Crippen molar-refractivity contribution in [3.8, 4) is 0 Å². The standard InChI is InChI=1S/C30H35N3O2/c34-29(32-28-18-7-6-17-27(28)30(35)31-25-14-2-1-3-15-25)24-13-9-19-33(21-24)20-23-12-8-11-22-10-4-5-16-26(22)23/h4-8,10-12,16-18,24-25H,1-3,9,13-15,19-21H2,(H,31,35)(H,32,34). The zero-order chi connectivity index (χ0) is 24.0. The molecule has 1 aliphatic heterocycles. The van der Waals surface area contributed by atoms with Crippen molar-refractivity contribution in [1.29, 1.82) is 0 Å². The van der Waals surface area contributed by atoms with E-state index >= 15 is 0 Å². The summed E-state index contributed by atoms with van der Waals surface area (Å²) in [4.78, 5) is 28.6. The first-order chi connectivity index (χ1) is 17.2. The molecule has 2 aliphatic rings. The van der Waals surface area contributed by atoms with Gasteiger partial charge in [-0.1, -0.05) is 73.9 Å². The molecule has 1 atom stereocenters. The molecule has 2 N–H and O–H groups in total. The van der Waals surface area contributed by atoms with Crippen LogP contribution in [0.15, 0.2) is 66.7 Å². The van der Waals surface area contributed by atoms with Crippen LogP contribution in [-0.4, -0.2) is 35.8 Å². The van der Waals surface area contributed by atoms with E-state index in [1.807, 2.05) is 24.3 Å². The number of hydrogen-bond acceptors (Lipinski definition) is 3. The number of para-hydroxylation sites is 1. The zero-order valence-corrected chi connectivity index (χ0v) is 20.3. The van der Waals surface area contributed by atoms with Crippen molar-refractivity contribution in [2.24, 2.45) is 5.92 Å². The Kier molecular flexibility index (Phi) is 7.43. The monoisotopic (exact) mass is 469 g/mol. The fourth-order valence-electron chi connectivity index (χ4n) is 5.62. The summed E-state index contributed by atoms with van der Waals surface area (Å²) in [6.07, 6.45) is 7.52. The number of nitrogens with one attached hydrogen (secondary N) is 2. The number of benzene rings is 3. The van der Waals surface area contributed by atoms with E-state index < -0.39 is 0 Å². The van der Waals surface area contributed by atoms with E-state index in [2.05, 4.69) is 58.0 Å². The molecule has 5 nitrogen and oxygen atoms in total. The molecule has 1 unspecified atom stereocenters. The molecule has 1 heterocycles. The molecular weight excluding hydrogens is 434 g/mol. The lowest BCUT2D eigenvalue weighted by Gasteiger charge is -2.32. The Morgan fingerprint density at radius 1 is 0.829 bits per heavy atom. The third-order valence-electron chi connectivity index (χ3n) is 7.52. The fraction of sp³-hybridized carbons (Fsp3) is 0.400. The number of hydrogen-bond donors (Lipinski definition) is 2. The maximum atomic E-state index is 13.3. The molecule has 182 valence electrons. The molecule has 2 fully saturated rings. The quantitative estimate of drug-likeness (QED) is 0.483. The molecule has 0 radical (unpaired) electrons. The zero-order valence-electron chi connectivity index (χ0n) is 20.3. The van der Waals surface area contributed by atoms with Crippen LogP contribution in [0.3, 0.4) is 0 Å². The number of likely N-dealkylation sites (tertiary alicyclic amines) is 1.